The van der Waals surface area contributed by atoms with Crippen LogP contribution in [0.4, 0.5) is 16.3 Å². The summed E-state index contributed by atoms with van der Waals surface area (Å²) in [4.78, 5) is 47.1. The van der Waals surface area contributed by atoms with E-state index in [2.05, 4.69) is 25.9 Å². The van der Waals surface area contributed by atoms with E-state index in [4.69, 9.17) is 16.3 Å². The van der Waals surface area contributed by atoms with Crippen molar-refractivity contribution in [3.8, 4) is 5.75 Å². The molecule has 2 aromatic carbocycles. The summed E-state index contributed by atoms with van der Waals surface area (Å²) in [5, 5.41) is 8.66. The van der Waals surface area contributed by atoms with Crippen molar-refractivity contribution in [2.45, 2.75) is 51.6 Å². The van der Waals surface area contributed by atoms with Crippen LogP contribution in [0.3, 0.4) is 0 Å². The van der Waals surface area contributed by atoms with Crippen LogP contribution in [-0.2, 0) is 22.6 Å². The van der Waals surface area contributed by atoms with Crippen LogP contribution in [0.5, 0.6) is 5.75 Å². The Balaban J connectivity index is 1.41. The van der Waals surface area contributed by atoms with E-state index < -0.39 is 5.97 Å². The van der Waals surface area contributed by atoms with Gasteiger partial charge in [-0.05, 0) is 36.1 Å². The number of amides is 3. The Hall–Kier alpha value is -4.18. The second-order valence-corrected chi connectivity index (χ2v) is 10.1. The molecule has 1 fully saturated rings. The summed E-state index contributed by atoms with van der Waals surface area (Å²) in [7, 11) is 1.69. The van der Waals surface area contributed by atoms with E-state index in [1.165, 1.54) is 6.92 Å². The first-order valence-corrected chi connectivity index (χ1v) is 13.6. The lowest BCUT2D eigenvalue weighted by Gasteiger charge is -2.22. The molecule has 3 amide bonds. The quantitative estimate of drug-likeness (QED) is 0.245. The molecule has 4 rings (SSSR count). The second kappa shape index (κ2) is 13.7. The van der Waals surface area contributed by atoms with Gasteiger partial charge in [-0.1, -0.05) is 66.9 Å². The molecule has 0 atom stereocenters. The third kappa shape index (κ3) is 8.41. The van der Waals surface area contributed by atoms with Crippen LogP contribution in [0.15, 0.2) is 54.6 Å². The summed E-state index contributed by atoms with van der Waals surface area (Å²) in [5.41, 5.74) is 2.51. The number of nitrogens with one attached hydrogen (secondary N) is 3. The SMILES string of the molecule is CC(=O)Oc1c(Cl)nc(Cc2ccc(NC(=O)NCc3ccccc3)cc2)nc1N(C)CC(=O)NC1CCCC1. The summed E-state index contributed by atoms with van der Waals surface area (Å²) < 4.78 is 5.30. The van der Waals surface area contributed by atoms with Gasteiger partial charge in [-0.25, -0.2) is 14.8 Å². The van der Waals surface area contributed by atoms with Crippen molar-refractivity contribution < 1.29 is 19.1 Å². The molecule has 40 heavy (non-hydrogen) atoms. The molecular weight excluding hydrogens is 532 g/mol. The maximum absolute atomic E-state index is 12.6. The zero-order valence-corrected chi connectivity index (χ0v) is 23.3. The highest BCUT2D eigenvalue weighted by atomic mass is 35.5. The topological polar surface area (TPSA) is 126 Å². The van der Waals surface area contributed by atoms with Crippen LogP contribution < -0.4 is 25.6 Å². The van der Waals surface area contributed by atoms with Gasteiger partial charge in [0.25, 0.3) is 0 Å². The highest BCUT2D eigenvalue weighted by Gasteiger charge is 2.23. The molecule has 3 aromatic rings. The standard InChI is InChI=1S/C29H33ClN6O4/c1-19(37)40-26-27(30)34-24(35-28(26)36(2)18-25(38)32-22-10-6-7-11-22)16-20-12-14-23(15-13-20)33-29(39)31-17-21-8-4-3-5-9-21/h3-5,8-9,12-15,22H,6-7,10-11,16-18H2,1-2H3,(H,32,38)(H2,31,33,39). The van der Waals surface area contributed by atoms with Crippen LogP contribution >= 0.6 is 11.6 Å². The van der Waals surface area contributed by atoms with Crippen LogP contribution in [0.1, 0.15) is 49.6 Å². The number of hydrogen-bond donors (Lipinski definition) is 3. The molecule has 0 unspecified atom stereocenters. The number of ether oxygens (including phenoxy) is 1. The number of hydrogen-bond acceptors (Lipinski definition) is 7. The lowest BCUT2D eigenvalue weighted by Crippen LogP contribution is -2.40. The van der Waals surface area contributed by atoms with Gasteiger partial charge in [0, 0.05) is 38.7 Å². The molecule has 0 saturated heterocycles. The monoisotopic (exact) mass is 564 g/mol. The summed E-state index contributed by atoms with van der Waals surface area (Å²) in [6.45, 7) is 1.70. The van der Waals surface area contributed by atoms with E-state index in [-0.39, 0.29) is 41.2 Å². The molecule has 0 radical (unpaired) electrons. The Morgan fingerprint density at radius 2 is 1.70 bits per heavy atom. The summed E-state index contributed by atoms with van der Waals surface area (Å²) in [5.74, 6) is -0.0647. The van der Waals surface area contributed by atoms with Gasteiger partial charge < -0.3 is 25.6 Å². The second-order valence-electron chi connectivity index (χ2n) is 9.75. The molecule has 210 valence electrons. The molecule has 0 spiro atoms. The number of carbonyl (C=O) groups is 3. The van der Waals surface area contributed by atoms with Gasteiger partial charge in [0.05, 0.1) is 6.54 Å². The number of benzene rings is 2. The normalized spacial score (nSPS) is 13.0. The third-order valence-corrected chi connectivity index (χ3v) is 6.69. The predicted molar refractivity (Wildman–Crippen MR) is 154 cm³/mol. The molecule has 1 saturated carbocycles. The Bertz CT molecular complexity index is 1330. The van der Waals surface area contributed by atoms with Crippen molar-refractivity contribution in [3.63, 3.8) is 0 Å². The Labute approximate surface area is 238 Å². The minimum Gasteiger partial charge on any atom is -0.419 e. The van der Waals surface area contributed by atoms with E-state index in [1.807, 2.05) is 42.5 Å². The first kappa shape index (κ1) is 28.8. The maximum atomic E-state index is 12.6. The minimum absolute atomic E-state index is 0.00939. The number of rotatable bonds is 10. The molecule has 3 N–H and O–H groups in total. The minimum atomic E-state index is -0.570. The van der Waals surface area contributed by atoms with Gasteiger partial charge >= 0.3 is 12.0 Å². The van der Waals surface area contributed by atoms with Crippen molar-refractivity contribution in [2.24, 2.45) is 0 Å². The highest BCUT2D eigenvalue weighted by Crippen LogP contribution is 2.33. The van der Waals surface area contributed by atoms with Crippen LogP contribution in [-0.4, -0.2) is 47.5 Å². The first-order chi connectivity index (χ1) is 19.3. The van der Waals surface area contributed by atoms with Gasteiger partial charge in [0.2, 0.25) is 11.7 Å². The number of anilines is 2. The zero-order valence-electron chi connectivity index (χ0n) is 22.6. The van der Waals surface area contributed by atoms with Crippen molar-refractivity contribution >= 4 is 41.0 Å². The average molecular weight is 565 g/mol. The maximum Gasteiger partial charge on any atom is 0.319 e. The fourth-order valence-electron chi connectivity index (χ4n) is 4.50. The van der Waals surface area contributed by atoms with Crippen LogP contribution in [0.25, 0.3) is 0 Å². The fraction of sp³-hybridized carbons (Fsp3) is 0.345. The lowest BCUT2D eigenvalue weighted by molar-refractivity contribution is -0.131. The third-order valence-electron chi connectivity index (χ3n) is 6.43. The molecule has 0 bridgehead atoms. The molecular formula is C29H33ClN6O4. The van der Waals surface area contributed by atoms with E-state index in [0.717, 1.165) is 36.8 Å². The van der Waals surface area contributed by atoms with Crippen molar-refractivity contribution in [1.29, 1.82) is 0 Å². The summed E-state index contributed by atoms with van der Waals surface area (Å²) in [6.07, 6.45) is 4.51. The number of urea groups is 1. The van der Waals surface area contributed by atoms with Gasteiger partial charge in [-0.15, -0.1) is 0 Å². The number of halogens is 1. The molecule has 1 aromatic heterocycles. The van der Waals surface area contributed by atoms with Gasteiger partial charge in [-0.2, -0.15) is 0 Å². The summed E-state index contributed by atoms with van der Waals surface area (Å²) >= 11 is 6.41. The number of nitrogens with zero attached hydrogens (tertiary/aromatic N) is 3. The number of esters is 1. The fourth-order valence-corrected chi connectivity index (χ4v) is 4.72. The van der Waals surface area contributed by atoms with Crippen molar-refractivity contribution in [2.75, 3.05) is 23.8 Å². The predicted octanol–water partition coefficient (Wildman–Crippen LogP) is 4.46. The van der Waals surface area contributed by atoms with Crippen molar-refractivity contribution in [3.05, 3.63) is 76.7 Å². The number of likely N-dealkylation sites (N-methyl/N-ethyl adjacent to an activating group) is 1. The molecule has 11 heteroatoms. The van der Waals surface area contributed by atoms with Gasteiger partial charge in [0.15, 0.2) is 11.0 Å². The largest absolute Gasteiger partial charge is 0.419 e. The molecule has 0 aliphatic heterocycles. The Morgan fingerprint density at radius 1 is 1.00 bits per heavy atom. The number of carbonyl (C=O) groups excluding carboxylic acids is 3. The summed E-state index contributed by atoms with van der Waals surface area (Å²) in [6, 6.07) is 16.8. The molecule has 1 heterocycles. The number of aromatic nitrogens is 2. The van der Waals surface area contributed by atoms with E-state index in [1.54, 1.807) is 24.1 Å². The first-order valence-electron chi connectivity index (χ1n) is 13.2. The highest BCUT2D eigenvalue weighted by molar-refractivity contribution is 6.31. The molecule has 1 aliphatic rings. The molecule has 10 nitrogen and oxygen atoms in total. The van der Waals surface area contributed by atoms with E-state index in [9.17, 15) is 14.4 Å². The Morgan fingerprint density at radius 3 is 2.38 bits per heavy atom. The van der Waals surface area contributed by atoms with Crippen LogP contribution in [0, 0.1) is 0 Å². The molecule has 1 aliphatic carbocycles. The van der Waals surface area contributed by atoms with Crippen LogP contribution in [0.2, 0.25) is 5.15 Å². The zero-order chi connectivity index (χ0) is 28.5. The smallest absolute Gasteiger partial charge is 0.319 e. The Kier molecular flexibility index (Phi) is 9.91. The van der Waals surface area contributed by atoms with E-state index in [0.29, 0.717) is 24.5 Å². The van der Waals surface area contributed by atoms with Gasteiger partial charge in [0.1, 0.15) is 5.82 Å². The lowest BCUT2D eigenvalue weighted by atomic mass is 10.1. The van der Waals surface area contributed by atoms with Crippen molar-refractivity contribution in [1.82, 2.24) is 20.6 Å². The average Bonchev–Trinajstić information content (AvgIpc) is 3.43. The van der Waals surface area contributed by atoms with Gasteiger partial charge in [-0.3, -0.25) is 9.59 Å². The van der Waals surface area contributed by atoms with E-state index >= 15 is 0 Å².